The lowest BCUT2D eigenvalue weighted by Gasteiger charge is -2.11. The van der Waals surface area contributed by atoms with Crippen molar-refractivity contribution in [1.82, 2.24) is 15.1 Å². The van der Waals surface area contributed by atoms with Crippen LogP contribution in [0.2, 0.25) is 0 Å². The fourth-order valence-electron chi connectivity index (χ4n) is 3.76. The van der Waals surface area contributed by atoms with Crippen LogP contribution < -0.4 is 16.0 Å². The number of hydrogen-bond acceptors (Lipinski definition) is 5. The van der Waals surface area contributed by atoms with E-state index in [2.05, 4.69) is 21.0 Å². The van der Waals surface area contributed by atoms with E-state index < -0.39 is 17.8 Å². The van der Waals surface area contributed by atoms with Crippen LogP contribution in [0.15, 0.2) is 78.9 Å². The van der Waals surface area contributed by atoms with Crippen LogP contribution in [0.1, 0.15) is 26.3 Å². The quantitative estimate of drug-likeness (QED) is 0.222. The molecule has 1 aromatic heterocycles. The van der Waals surface area contributed by atoms with Gasteiger partial charge in [-0.25, -0.2) is 9.18 Å². The van der Waals surface area contributed by atoms with Gasteiger partial charge in [0.15, 0.2) is 0 Å². The van der Waals surface area contributed by atoms with Gasteiger partial charge in [0, 0.05) is 36.5 Å². The van der Waals surface area contributed by atoms with Crippen LogP contribution in [0.5, 0.6) is 0 Å². The van der Waals surface area contributed by atoms with Gasteiger partial charge in [-0.2, -0.15) is 5.10 Å². The van der Waals surface area contributed by atoms with Crippen molar-refractivity contribution in [2.75, 3.05) is 23.8 Å². The molecule has 0 saturated heterocycles. The van der Waals surface area contributed by atoms with E-state index in [0.717, 1.165) is 5.56 Å². The van der Waals surface area contributed by atoms with Crippen LogP contribution in [0, 0.1) is 5.82 Å². The van der Waals surface area contributed by atoms with Gasteiger partial charge in [-0.3, -0.25) is 14.3 Å². The number of carboxylic acid groups (broad SMARTS) is 1. The van der Waals surface area contributed by atoms with Crippen molar-refractivity contribution in [2.24, 2.45) is 7.05 Å². The highest BCUT2D eigenvalue weighted by atomic mass is 19.1. The van der Waals surface area contributed by atoms with Crippen molar-refractivity contribution in [3.8, 4) is 11.3 Å². The van der Waals surface area contributed by atoms with Crippen LogP contribution in [0.25, 0.3) is 11.3 Å². The number of carbonyl (C=O) groups is 3. The molecule has 0 aliphatic rings. The molecule has 0 spiro atoms. The predicted molar refractivity (Wildman–Crippen MR) is 143 cm³/mol. The Kier molecular flexibility index (Phi) is 8.64. The first-order valence-corrected chi connectivity index (χ1v) is 12.0. The smallest absolute Gasteiger partial charge is 0.404 e. The van der Waals surface area contributed by atoms with E-state index in [1.165, 1.54) is 22.9 Å². The Bertz CT molecular complexity index is 1490. The summed E-state index contributed by atoms with van der Waals surface area (Å²) in [5.74, 6) is -1.11. The van der Waals surface area contributed by atoms with Crippen LogP contribution in [0.3, 0.4) is 0 Å². The number of nitrogens with one attached hydrogen (secondary N) is 3. The van der Waals surface area contributed by atoms with Crippen molar-refractivity contribution in [2.45, 2.75) is 6.61 Å². The summed E-state index contributed by atoms with van der Waals surface area (Å²) in [5, 5.41) is 20.8. The Morgan fingerprint density at radius 1 is 0.923 bits per heavy atom. The van der Waals surface area contributed by atoms with E-state index in [1.54, 1.807) is 67.7 Å². The highest BCUT2D eigenvalue weighted by Gasteiger charge is 2.15. The van der Waals surface area contributed by atoms with E-state index in [1.807, 2.05) is 0 Å². The second kappa shape index (κ2) is 12.5. The van der Waals surface area contributed by atoms with Gasteiger partial charge in [0.2, 0.25) is 0 Å². The first-order valence-electron chi connectivity index (χ1n) is 12.0. The number of benzene rings is 3. The molecule has 3 amide bonds. The number of ether oxygens (including phenoxy) is 1. The number of anilines is 2. The zero-order valence-electron chi connectivity index (χ0n) is 21.0. The van der Waals surface area contributed by atoms with Gasteiger partial charge in [0.1, 0.15) is 11.6 Å². The first-order chi connectivity index (χ1) is 18.8. The van der Waals surface area contributed by atoms with E-state index in [-0.39, 0.29) is 31.2 Å². The normalized spacial score (nSPS) is 10.6. The fourth-order valence-corrected chi connectivity index (χ4v) is 3.76. The number of rotatable bonds is 10. The molecular formula is C28H26FN5O5. The minimum absolute atomic E-state index is 0.0660. The van der Waals surface area contributed by atoms with Crippen molar-refractivity contribution in [1.29, 1.82) is 0 Å². The summed E-state index contributed by atoms with van der Waals surface area (Å²) in [6.45, 7) is 0.469. The Morgan fingerprint density at radius 3 is 2.31 bits per heavy atom. The molecule has 1 heterocycles. The van der Waals surface area contributed by atoms with Crippen LogP contribution >= 0.6 is 0 Å². The Labute approximate surface area is 223 Å². The third kappa shape index (κ3) is 7.05. The molecule has 0 saturated carbocycles. The van der Waals surface area contributed by atoms with Gasteiger partial charge in [0.25, 0.3) is 11.8 Å². The molecule has 4 N–H and O–H groups in total. The average molecular weight is 532 g/mol. The highest BCUT2D eigenvalue weighted by Crippen LogP contribution is 2.24. The lowest BCUT2D eigenvalue weighted by atomic mass is 10.1. The summed E-state index contributed by atoms with van der Waals surface area (Å²) in [6.07, 6.45) is -1.13. The van der Waals surface area contributed by atoms with Crippen molar-refractivity contribution >= 4 is 29.4 Å². The Morgan fingerprint density at radius 2 is 1.59 bits per heavy atom. The lowest BCUT2D eigenvalue weighted by Crippen LogP contribution is -2.25. The SMILES string of the molecule is Cn1nc(-c2ccc(NC(=O)c3ccccc3COCCNC(=O)O)cc2)cc1NC(=O)c1ccccc1F. The molecule has 4 rings (SSSR count). The van der Waals surface area contributed by atoms with Crippen molar-refractivity contribution in [3.63, 3.8) is 0 Å². The summed E-state index contributed by atoms with van der Waals surface area (Å²) in [4.78, 5) is 35.9. The van der Waals surface area contributed by atoms with Crippen molar-refractivity contribution < 1.29 is 28.6 Å². The number of hydrogen-bond donors (Lipinski definition) is 4. The van der Waals surface area contributed by atoms with E-state index in [9.17, 15) is 18.8 Å². The maximum atomic E-state index is 13.9. The second-order valence-corrected chi connectivity index (χ2v) is 8.45. The lowest BCUT2D eigenvalue weighted by molar-refractivity contribution is 0.100. The molecular weight excluding hydrogens is 505 g/mol. The zero-order valence-corrected chi connectivity index (χ0v) is 21.0. The molecule has 39 heavy (non-hydrogen) atoms. The molecule has 0 radical (unpaired) electrons. The predicted octanol–water partition coefficient (Wildman–Crippen LogP) is 4.52. The maximum Gasteiger partial charge on any atom is 0.404 e. The molecule has 0 aliphatic heterocycles. The van der Waals surface area contributed by atoms with E-state index in [0.29, 0.717) is 28.3 Å². The summed E-state index contributed by atoms with van der Waals surface area (Å²) in [6, 6.07) is 21.4. The molecule has 0 bridgehead atoms. The number of nitrogens with zero attached hydrogens (tertiary/aromatic N) is 2. The average Bonchev–Trinajstić information content (AvgIpc) is 3.28. The topological polar surface area (TPSA) is 135 Å². The van der Waals surface area contributed by atoms with Gasteiger partial charge in [-0.05, 0) is 35.9 Å². The summed E-state index contributed by atoms with van der Waals surface area (Å²) >= 11 is 0. The minimum atomic E-state index is -1.13. The molecule has 0 atom stereocenters. The van der Waals surface area contributed by atoms with Crippen LogP contribution in [-0.4, -0.2) is 45.9 Å². The van der Waals surface area contributed by atoms with Gasteiger partial charge in [0.05, 0.1) is 24.5 Å². The van der Waals surface area contributed by atoms with Gasteiger partial charge >= 0.3 is 6.09 Å². The number of halogens is 1. The summed E-state index contributed by atoms with van der Waals surface area (Å²) < 4.78 is 20.9. The molecule has 3 aromatic carbocycles. The molecule has 10 nitrogen and oxygen atoms in total. The third-order valence-electron chi connectivity index (χ3n) is 5.72. The van der Waals surface area contributed by atoms with E-state index >= 15 is 0 Å². The number of carbonyl (C=O) groups excluding carboxylic acids is 2. The molecule has 11 heteroatoms. The number of aryl methyl sites for hydroxylation is 1. The summed E-state index contributed by atoms with van der Waals surface area (Å²) in [5.41, 5.74) is 2.93. The minimum Gasteiger partial charge on any atom is -0.465 e. The Hall–Kier alpha value is -5.03. The molecule has 0 aliphatic carbocycles. The van der Waals surface area contributed by atoms with Crippen LogP contribution in [0.4, 0.5) is 20.7 Å². The molecule has 0 fully saturated rings. The van der Waals surface area contributed by atoms with Crippen LogP contribution in [-0.2, 0) is 18.4 Å². The number of amides is 3. The molecule has 0 unspecified atom stereocenters. The van der Waals surface area contributed by atoms with Gasteiger partial charge in [-0.15, -0.1) is 0 Å². The van der Waals surface area contributed by atoms with Gasteiger partial charge < -0.3 is 25.8 Å². The Balaban J connectivity index is 1.39. The van der Waals surface area contributed by atoms with Gasteiger partial charge in [-0.1, -0.05) is 42.5 Å². The highest BCUT2D eigenvalue weighted by molar-refractivity contribution is 6.05. The third-order valence-corrected chi connectivity index (χ3v) is 5.72. The summed E-state index contributed by atoms with van der Waals surface area (Å²) in [7, 11) is 1.67. The molecule has 4 aromatic rings. The maximum absolute atomic E-state index is 13.9. The molecule has 200 valence electrons. The fraction of sp³-hybridized carbons (Fsp3) is 0.143. The largest absolute Gasteiger partial charge is 0.465 e. The van der Waals surface area contributed by atoms with E-state index in [4.69, 9.17) is 9.84 Å². The zero-order chi connectivity index (χ0) is 27.8. The second-order valence-electron chi connectivity index (χ2n) is 8.45. The monoisotopic (exact) mass is 531 g/mol. The van der Waals surface area contributed by atoms with Crippen molar-refractivity contribution in [3.05, 3.63) is 101 Å². The standard InChI is InChI=1S/C28H26FN5O5/c1-34-25(32-27(36)22-8-4-5-9-23(22)29)16-24(33-34)18-10-12-20(13-11-18)31-26(35)21-7-3-2-6-19(21)17-39-15-14-30-28(37)38/h2-13,16,30H,14-15,17H2,1H3,(H,31,35)(H,32,36)(H,37,38). The number of aromatic nitrogens is 2. The first kappa shape index (κ1) is 27.0.